The Kier molecular flexibility index (Phi) is 6.13. The molecule has 5 rings (SSSR count). The molecule has 0 amide bonds. The highest BCUT2D eigenvalue weighted by molar-refractivity contribution is 7.80. The Morgan fingerprint density at radius 2 is 1.82 bits per heavy atom. The number of aryl methyl sites for hydroxylation is 1. The van der Waals surface area contributed by atoms with Gasteiger partial charge in [-0.05, 0) is 85.3 Å². The van der Waals surface area contributed by atoms with Crippen LogP contribution in [0.25, 0.3) is 0 Å². The van der Waals surface area contributed by atoms with Gasteiger partial charge in [-0.2, -0.15) is 0 Å². The van der Waals surface area contributed by atoms with Gasteiger partial charge in [0.25, 0.3) is 0 Å². The molecule has 2 unspecified atom stereocenters. The van der Waals surface area contributed by atoms with E-state index in [1.165, 1.54) is 22.3 Å². The summed E-state index contributed by atoms with van der Waals surface area (Å²) in [5, 5.41) is 0. The Bertz CT molecular complexity index is 1190. The summed E-state index contributed by atoms with van der Waals surface area (Å²) in [5.41, 5.74) is 6.31. The smallest absolute Gasteiger partial charge is 0.240 e. The minimum absolute atomic E-state index is 0.249. The normalized spacial score (nSPS) is 18.0. The molecule has 0 bridgehead atoms. The van der Waals surface area contributed by atoms with E-state index >= 15 is 0 Å². The van der Waals surface area contributed by atoms with Gasteiger partial charge in [0.1, 0.15) is 5.75 Å². The monoisotopic (exact) mass is 463 g/mol. The van der Waals surface area contributed by atoms with Gasteiger partial charge in [0.05, 0.1) is 18.6 Å². The average molecular weight is 464 g/mol. The van der Waals surface area contributed by atoms with Crippen molar-refractivity contribution in [2.45, 2.75) is 44.2 Å². The molecule has 0 fully saturated rings. The zero-order valence-electron chi connectivity index (χ0n) is 19.3. The topological polar surface area (TPSA) is 48.0 Å². The first-order valence-corrected chi connectivity index (χ1v) is 12.5. The zero-order chi connectivity index (χ0) is 22.9. The van der Waals surface area contributed by atoms with Crippen LogP contribution in [0.5, 0.6) is 17.2 Å². The first-order chi connectivity index (χ1) is 16.1. The molecule has 0 N–H and O–H groups in total. The summed E-state index contributed by atoms with van der Waals surface area (Å²) in [6, 6.07) is 18.3. The maximum absolute atomic E-state index is 12.9. The first-order valence-electron chi connectivity index (χ1n) is 11.4. The fourth-order valence-electron chi connectivity index (χ4n) is 4.82. The fourth-order valence-corrected chi connectivity index (χ4v) is 5.57. The summed E-state index contributed by atoms with van der Waals surface area (Å²) >= 11 is -1.62. The van der Waals surface area contributed by atoms with Crippen molar-refractivity contribution in [2.24, 2.45) is 0 Å². The van der Waals surface area contributed by atoms with E-state index < -0.39 is 11.1 Å². The molecule has 2 atom stereocenters. The van der Waals surface area contributed by atoms with Crippen molar-refractivity contribution in [3.8, 4) is 17.2 Å². The van der Waals surface area contributed by atoms with Crippen molar-refractivity contribution in [1.82, 2.24) is 4.90 Å². The number of benzene rings is 3. The standard InChI is InChI=1S/C27H29NO4S/c1-4-31-22-8-7-20-17-28-12-11-19-15-26(30-3)27(16-24(19)25(28)14-21(20)13-22)32-33(29)23-9-5-18(2)6-10-23/h5-10,13,15-16,25H,4,11-12,14,17H2,1-3H3. The van der Waals surface area contributed by atoms with Gasteiger partial charge in [-0.1, -0.05) is 23.8 Å². The summed E-state index contributed by atoms with van der Waals surface area (Å²) in [7, 11) is 1.63. The molecule has 6 heteroatoms. The Balaban J connectivity index is 1.47. The zero-order valence-corrected chi connectivity index (χ0v) is 20.1. The van der Waals surface area contributed by atoms with Gasteiger partial charge < -0.3 is 13.7 Å². The van der Waals surface area contributed by atoms with Gasteiger partial charge in [-0.25, -0.2) is 4.21 Å². The van der Waals surface area contributed by atoms with Gasteiger partial charge in [0.15, 0.2) is 11.5 Å². The van der Waals surface area contributed by atoms with E-state index in [0.717, 1.165) is 37.2 Å². The number of ether oxygens (including phenoxy) is 2. The third-order valence-corrected chi connectivity index (χ3v) is 7.54. The van der Waals surface area contributed by atoms with E-state index in [0.29, 0.717) is 23.0 Å². The van der Waals surface area contributed by atoms with Crippen LogP contribution in [0.1, 0.15) is 40.8 Å². The molecular weight excluding hydrogens is 434 g/mol. The minimum Gasteiger partial charge on any atom is -0.494 e. The molecule has 0 aliphatic carbocycles. The van der Waals surface area contributed by atoms with Crippen LogP contribution in [-0.4, -0.2) is 29.4 Å². The van der Waals surface area contributed by atoms with E-state index in [2.05, 4.69) is 29.2 Å². The lowest BCUT2D eigenvalue weighted by atomic mass is 9.84. The van der Waals surface area contributed by atoms with E-state index in [1.807, 2.05) is 44.2 Å². The third kappa shape index (κ3) is 4.37. The summed E-state index contributed by atoms with van der Waals surface area (Å²) in [5.74, 6) is 2.07. The van der Waals surface area contributed by atoms with Gasteiger partial charge in [0.2, 0.25) is 11.1 Å². The van der Waals surface area contributed by atoms with Gasteiger partial charge in [-0.3, -0.25) is 4.90 Å². The molecule has 33 heavy (non-hydrogen) atoms. The second-order valence-corrected chi connectivity index (χ2v) is 9.74. The summed E-state index contributed by atoms with van der Waals surface area (Å²) in [6.45, 7) is 6.60. The number of hydrogen-bond acceptors (Lipinski definition) is 5. The minimum atomic E-state index is -1.62. The molecule has 3 aromatic carbocycles. The quantitative estimate of drug-likeness (QED) is 0.505. The van der Waals surface area contributed by atoms with Crippen LogP contribution in [0.15, 0.2) is 59.5 Å². The maximum Gasteiger partial charge on any atom is 0.240 e. The molecular formula is C27H29NO4S. The predicted molar refractivity (Wildman–Crippen MR) is 129 cm³/mol. The van der Waals surface area contributed by atoms with Crippen LogP contribution in [0.2, 0.25) is 0 Å². The van der Waals surface area contributed by atoms with Crippen molar-refractivity contribution >= 4 is 11.1 Å². The van der Waals surface area contributed by atoms with Crippen LogP contribution >= 0.6 is 0 Å². The van der Waals surface area contributed by atoms with Crippen molar-refractivity contribution in [1.29, 1.82) is 0 Å². The third-order valence-electron chi connectivity index (χ3n) is 6.55. The highest BCUT2D eigenvalue weighted by Gasteiger charge is 2.33. The molecule has 172 valence electrons. The maximum atomic E-state index is 12.9. The van der Waals surface area contributed by atoms with Crippen molar-refractivity contribution in [2.75, 3.05) is 20.3 Å². The fraction of sp³-hybridized carbons (Fsp3) is 0.333. The second kappa shape index (κ2) is 9.20. The highest BCUT2D eigenvalue weighted by atomic mass is 32.2. The lowest BCUT2D eigenvalue weighted by Crippen LogP contribution is -2.39. The molecule has 0 aromatic heterocycles. The Labute approximate surface area is 198 Å². The lowest BCUT2D eigenvalue weighted by Gasteiger charge is -2.41. The largest absolute Gasteiger partial charge is 0.494 e. The summed E-state index contributed by atoms with van der Waals surface area (Å²) in [6.07, 6.45) is 1.87. The summed E-state index contributed by atoms with van der Waals surface area (Å²) in [4.78, 5) is 3.16. The van der Waals surface area contributed by atoms with E-state index in [4.69, 9.17) is 13.7 Å². The number of fused-ring (bicyclic) bond motifs is 4. The van der Waals surface area contributed by atoms with Crippen LogP contribution in [0, 0.1) is 6.92 Å². The molecule has 0 spiro atoms. The molecule has 0 radical (unpaired) electrons. The van der Waals surface area contributed by atoms with Crippen molar-refractivity contribution in [3.63, 3.8) is 0 Å². The molecule has 5 nitrogen and oxygen atoms in total. The van der Waals surface area contributed by atoms with E-state index in [1.54, 1.807) is 7.11 Å². The van der Waals surface area contributed by atoms with Crippen molar-refractivity contribution < 1.29 is 17.9 Å². The number of methoxy groups -OCH3 is 1. The summed E-state index contributed by atoms with van der Waals surface area (Å²) < 4.78 is 30.2. The lowest BCUT2D eigenvalue weighted by molar-refractivity contribution is 0.160. The van der Waals surface area contributed by atoms with Crippen LogP contribution < -0.4 is 13.7 Å². The number of nitrogens with zero attached hydrogens (tertiary/aromatic N) is 1. The van der Waals surface area contributed by atoms with E-state index in [-0.39, 0.29) is 6.04 Å². The molecule has 2 aliphatic rings. The van der Waals surface area contributed by atoms with Crippen LogP contribution in [-0.2, 0) is 30.5 Å². The van der Waals surface area contributed by atoms with Gasteiger partial charge in [-0.15, -0.1) is 0 Å². The number of rotatable bonds is 6. The van der Waals surface area contributed by atoms with E-state index in [9.17, 15) is 4.21 Å². The first kappa shape index (κ1) is 22.0. The average Bonchev–Trinajstić information content (AvgIpc) is 2.83. The SMILES string of the molecule is CCOc1ccc2c(c1)CC1c3cc(OS(=O)c4ccc(C)cc4)c(OC)cc3CCN1C2. The van der Waals surface area contributed by atoms with Gasteiger partial charge >= 0.3 is 0 Å². The number of hydrogen-bond donors (Lipinski definition) is 0. The Morgan fingerprint density at radius 3 is 2.58 bits per heavy atom. The molecule has 3 aromatic rings. The molecule has 2 heterocycles. The Hall–Kier alpha value is -2.83. The molecule has 2 aliphatic heterocycles. The predicted octanol–water partition coefficient (Wildman–Crippen LogP) is 5.16. The molecule has 0 saturated heterocycles. The Morgan fingerprint density at radius 1 is 1.00 bits per heavy atom. The van der Waals surface area contributed by atoms with Crippen LogP contribution in [0.4, 0.5) is 0 Å². The highest BCUT2D eigenvalue weighted by Crippen LogP contribution is 2.43. The van der Waals surface area contributed by atoms with Crippen molar-refractivity contribution in [3.05, 3.63) is 82.4 Å². The van der Waals surface area contributed by atoms with Gasteiger partial charge in [0, 0.05) is 19.1 Å². The van der Waals surface area contributed by atoms with Crippen LogP contribution in [0.3, 0.4) is 0 Å². The second-order valence-electron chi connectivity index (χ2n) is 8.64. The molecule has 0 saturated carbocycles.